The molecular formula is C10H8F2O4. The number of carboxylic acid groups (broad SMARTS) is 1. The molecule has 1 rings (SSSR count). The summed E-state index contributed by atoms with van der Waals surface area (Å²) in [6.07, 6.45) is -0.0680. The molecule has 0 radical (unpaired) electrons. The Morgan fingerprint density at radius 2 is 1.94 bits per heavy atom. The number of hydrogen-bond acceptors (Lipinski definition) is 3. The van der Waals surface area contributed by atoms with E-state index in [0.717, 1.165) is 12.1 Å². The highest BCUT2D eigenvalue weighted by Gasteiger charge is 2.12. The van der Waals surface area contributed by atoms with Crippen LogP contribution in [0.4, 0.5) is 8.78 Å². The number of aldehydes is 1. The summed E-state index contributed by atoms with van der Waals surface area (Å²) in [6.45, 7) is -0.344. The molecule has 4 nitrogen and oxygen atoms in total. The fraction of sp³-hybridized carbons (Fsp3) is 0.200. The maximum atomic E-state index is 13.2. The average molecular weight is 230 g/mol. The summed E-state index contributed by atoms with van der Waals surface area (Å²) in [4.78, 5) is 20.4. The number of carboxylic acids is 1. The fourth-order valence-electron chi connectivity index (χ4n) is 1.03. The van der Waals surface area contributed by atoms with Crippen LogP contribution in [0.25, 0.3) is 0 Å². The molecule has 16 heavy (non-hydrogen) atoms. The third-order valence-electron chi connectivity index (χ3n) is 1.72. The van der Waals surface area contributed by atoms with Crippen molar-refractivity contribution in [3.8, 4) is 5.75 Å². The molecule has 1 aromatic carbocycles. The van der Waals surface area contributed by atoms with E-state index >= 15 is 0 Å². The fourth-order valence-corrected chi connectivity index (χ4v) is 1.03. The molecule has 6 heteroatoms. The summed E-state index contributed by atoms with van der Waals surface area (Å²) in [6, 6.07) is 1.62. The summed E-state index contributed by atoms with van der Waals surface area (Å²) in [5.74, 6) is -3.88. The van der Waals surface area contributed by atoms with Crippen molar-refractivity contribution in [3.05, 3.63) is 29.3 Å². The predicted molar refractivity (Wildman–Crippen MR) is 49.5 cm³/mol. The van der Waals surface area contributed by atoms with Gasteiger partial charge in [-0.3, -0.25) is 9.59 Å². The first kappa shape index (κ1) is 12.1. The van der Waals surface area contributed by atoms with Crippen molar-refractivity contribution in [2.24, 2.45) is 0 Å². The second kappa shape index (κ2) is 5.20. The molecule has 1 N–H and O–H groups in total. The van der Waals surface area contributed by atoms with Gasteiger partial charge in [-0.2, -0.15) is 0 Å². The van der Waals surface area contributed by atoms with Gasteiger partial charge in [0.05, 0.1) is 13.0 Å². The van der Waals surface area contributed by atoms with E-state index in [0.29, 0.717) is 6.29 Å². The maximum Gasteiger partial charge on any atom is 0.306 e. The Hall–Kier alpha value is -1.98. The minimum Gasteiger partial charge on any atom is -0.487 e. The van der Waals surface area contributed by atoms with Crippen LogP contribution in [0.1, 0.15) is 16.8 Å². The van der Waals surface area contributed by atoms with Crippen LogP contribution in [0.15, 0.2) is 12.1 Å². The molecule has 0 spiro atoms. The van der Waals surface area contributed by atoms with Gasteiger partial charge >= 0.3 is 5.97 Å². The lowest BCUT2D eigenvalue weighted by molar-refractivity contribution is -0.137. The predicted octanol–water partition coefficient (Wildman–Crippen LogP) is 1.63. The van der Waals surface area contributed by atoms with Crippen LogP contribution in [0, 0.1) is 11.6 Å². The normalized spacial score (nSPS) is 9.88. The number of aliphatic carboxylic acids is 1. The van der Waals surface area contributed by atoms with Crippen LogP contribution in [-0.4, -0.2) is 24.0 Å². The van der Waals surface area contributed by atoms with E-state index in [9.17, 15) is 18.4 Å². The Morgan fingerprint density at radius 1 is 1.38 bits per heavy atom. The summed E-state index contributed by atoms with van der Waals surface area (Å²) >= 11 is 0. The number of hydrogen-bond donors (Lipinski definition) is 1. The minimum atomic E-state index is -1.13. The van der Waals surface area contributed by atoms with Gasteiger partial charge in [-0.15, -0.1) is 0 Å². The average Bonchev–Trinajstić information content (AvgIpc) is 2.21. The zero-order chi connectivity index (χ0) is 12.1. The molecule has 0 atom stereocenters. The third kappa shape index (κ3) is 3.01. The van der Waals surface area contributed by atoms with Gasteiger partial charge in [0.1, 0.15) is 6.29 Å². The van der Waals surface area contributed by atoms with Gasteiger partial charge in [0.25, 0.3) is 0 Å². The molecule has 0 aliphatic carbocycles. The largest absolute Gasteiger partial charge is 0.487 e. The number of halogens is 2. The van der Waals surface area contributed by atoms with Gasteiger partial charge < -0.3 is 9.84 Å². The topological polar surface area (TPSA) is 63.6 Å². The van der Waals surface area contributed by atoms with Crippen molar-refractivity contribution in [2.75, 3.05) is 6.61 Å². The first-order chi connectivity index (χ1) is 7.54. The first-order valence-corrected chi connectivity index (χ1v) is 4.33. The van der Waals surface area contributed by atoms with Crippen molar-refractivity contribution in [1.29, 1.82) is 0 Å². The van der Waals surface area contributed by atoms with E-state index in [4.69, 9.17) is 5.11 Å². The van der Waals surface area contributed by atoms with E-state index in [1.807, 2.05) is 0 Å². The number of ether oxygens (including phenoxy) is 1. The highest BCUT2D eigenvalue weighted by atomic mass is 19.1. The monoisotopic (exact) mass is 230 g/mol. The second-order valence-corrected chi connectivity index (χ2v) is 2.92. The van der Waals surface area contributed by atoms with E-state index in [-0.39, 0.29) is 18.6 Å². The van der Waals surface area contributed by atoms with Crippen LogP contribution < -0.4 is 4.74 Å². The van der Waals surface area contributed by atoms with Gasteiger partial charge in [0.15, 0.2) is 17.4 Å². The van der Waals surface area contributed by atoms with Gasteiger partial charge in [-0.05, 0) is 12.1 Å². The highest BCUT2D eigenvalue weighted by molar-refractivity contribution is 5.75. The summed E-state index contributed by atoms with van der Waals surface area (Å²) in [5, 5.41) is 8.30. The Balaban J connectivity index is 2.80. The van der Waals surface area contributed by atoms with Gasteiger partial charge in [0.2, 0.25) is 0 Å². The molecule has 1 aromatic rings. The molecule has 0 unspecified atom stereocenters. The van der Waals surface area contributed by atoms with E-state index in [2.05, 4.69) is 4.74 Å². The Bertz CT molecular complexity index is 394. The molecule has 0 bridgehead atoms. The summed E-state index contributed by atoms with van der Waals surface area (Å²) in [7, 11) is 0. The number of benzene rings is 1. The lowest BCUT2D eigenvalue weighted by atomic mass is 10.2. The molecule has 0 saturated carbocycles. The highest BCUT2D eigenvalue weighted by Crippen LogP contribution is 2.22. The number of carbonyl (C=O) groups is 2. The zero-order valence-electron chi connectivity index (χ0n) is 8.07. The van der Waals surface area contributed by atoms with Crippen molar-refractivity contribution in [2.45, 2.75) is 6.42 Å². The Morgan fingerprint density at radius 3 is 2.38 bits per heavy atom. The van der Waals surface area contributed by atoms with Crippen LogP contribution >= 0.6 is 0 Å². The van der Waals surface area contributed by atoms with Crippen molar-refractivity contribution in [3.63, 3.8) is 0 Å². The van der Waals surface area contributed by atoms with Crippen LogP contribution in [0.2, 0.25) is 0 Å². The molecule has 0 fully saturated rings. The SMILES string of the molecule is O=Cc1cc(F)c(OCCC(=O)O)c(F)c1. The third-order valence-corrected chi connectivity index (χ3v) is 1.72. The molecule has 0 heterocycles. The molecule has 0 amide bonds. The van der Waals surface area contributed by atoms with Gasteiger partial charge in [-0.25, -0.2) is 8.78 Å². The standard InChI is InChI=1S/C10H8F2O4/c11-7-3-6(5-13)4-8(12)10(7)16-2-1-9(14)15/h3-5H,1-2H2,(H,14,15). The summed E-state index contributed by atoms with van der Waals surface area (Å²) in [5.41, 5.74) is -0.152. The van der Waals surface area contributed by atoms with E-state index < -0.39 is 23.4 Å². The summed E-state index contributed by atoms with van der Waals surface area (Å²) < 4.78 is 30.9. The molecule has 0 aliphatic rings. The second-order valence-electron chi connectivity index (χ2n) is 2.92. The van der Waals surface area contributed by atoms with Crippen molar-refractivity contribution in [1.82, 2.24) is 0 Å². The Kier molecular flexibility index (Phi) is 3.93. The van der Waals surface area contributed by atoms with Crippen LogP contribution in [0.5, 0.6) is 5.75 Å². The van der Waals surface area contributed by atoms with E-state index in [1.165, 1.54) is 0 Å². The molecular weight excluding hydrogens is 222 g/mol. The minimum absolute atomic E-state index is 0.152. The van der Waals surface area contributed by atoms with Crippen LogP contribution in [0.3, 0.4) is 0 Å². The molecule has 0 saturated heterocycles. The quantitative estimate of drug-likeness (QED) is 0.781. The maximum absolute atomic E-state index is 13.2. The molecule has 0 aromatic heterocycles. The lowest BCUT2D eigenvalue weighted by Gasteiger charge is -2.07. The van der Waals surface area contributed by atoms with Gasteiger partial charge in [-0.1, -0.05) is 0 Å². The van der Waals surface area contributed by atoms with Crippen molar-refractivity contribution >= 4 is 12.3 Å². The smallest absolute Gasteiger partial charge is 0.306 e. The van der Waals surface area contributed by atoms with E-state index in [1.54, 1.807) is 0 Å². The number of rotatable bonds is 5. The first-order valence-electron chi connectivity index (χ1n) is 4.33. The zero-order valence-corrected chi connectivity index (χ0v) is 8.07. The number of carbonyl (C=O) groups excluding carboxylic acids is 1. The molecule has 0 aliphatic heterocycles. The van der Waals surface area contributed by atoms with Crippen LogP contribution in [-0.2, 0) is 4.79 Å². The lowest BCUT2D eigenvalue weighted by Crippen LogP contribution is -2.07. The van der Waals surface area contributed by atoms with Gasteiger partial charge in [0, 0.05) is 5.56 Å². The molecule has 86 valence electrons. The van der Waals surface area contributed by atoms with Crippen molar-refractivity contribution < 1.29 is 28.2 Å². The Labute approximate surface area is 89.5 Å².